The summed E-state index contributed by atoms with van der Waals surface area (Å²) in [4.78, 5) is 39.1. The summed E-state index contributed by atoms with van der Waals surface area (Å²) in [7, 11) is 0. The zero-order valence-electron chi connectivity index (χ0n) is 11.6. The van der Waals surface area contributed by atoms with Crippen molar-refractivity contribution in [2.75, 3.05) is 17.8 Å². The van der Waals surface area contributed by atoms with Crippen LogP contribution in [0, 0.1) is 0 Å². The van der Waals surface area contributed by atoms with Crippen LogP contribution in [0.4, 0.5) is 19.0 Å². The first-order valence-corrected chi connectivity index (χ1v) is 6.34. The van der Waals surface area contributed by atoms with Crippen LogP contribution in [0.2, 0.25) is 0 Å². The van der Waals surface area contributed by atoms with Crippen LogP contribution in [0.5, 0.6) is 5.75 Å². The monoisotopic (exact) mass is 343 g/mol. The van der Waals surface area contributed by atoms with Crippen molar-refractivity contribution in [1.29, 1.82) is 0 Å². The molecule has 0 saturated heterocycles. The third kappa shape index (κ3) is 2.47. The van der Waals surface area contributed by atoms with Gasteiger partial charge >= 0.3 is 11.9 Å². The number of nitrogens with one attached hydrogen (secondary N) is 1. The Morgan fingerprint density at radius 1 is 1.25 bits per heavy atom. The van der Waals surface area contributed by atoms with Gasteiger partial charge in [-0.2, -0.15) is 13.2 Å². The maximum atomic E-state index is 12.7. The van der Waals surface area contributed by atoms with Gasteiger partial charge in [0.05, 0.1) is 0 Å². The number of hydrogen-bond acceptors (Lipinski definition) is 6. The van der Waals surface area contributed by atoms with Crippen LogP contribution >= 0.6 is 0 Å². The largest absolute Gasteiger partial charge is 0.480 e. The van der Waals surface area contributed by atoms with E-state index in [1.807, 2.05) is 0 Å². The van der Waals surface area contributed by atoms with Crippen molar-refractivity contribution in [3.63, 3.8) is 0 Å². The minimum absolute atomic E-state index is 0.0708. The quantitative estimate of drug-likeness (QED) is 0.671. The van der Waals surface area contributed by atoms with Crippen LogP contribution in [0.15, 0.2) is 27.8 Å². The van der Waals surface area contributed by atoms with Crippen molar-refractivity contribution in [3.05, 3.63) is 44.7 Å². The summed E-state index contributed by atoms with van der Waals surface area (Å²) in [6, 6.07) is 2.66. The van der Waals surface area contributed by atoms with Crippen molar-refractivity contribution in [3.8, 4) is 11.6 Å². The Bertz CT molecular complexity index is 963. The first-order chi connectivity index (χ1) is 11.2. The third-order valence-electron chi connectivity index (χ3n) is 3.12. The molecule has 3 heterocycles. The average molecular weight is 343 g/mol. The van der Waals surface area contributed by atoms with E-state index < -0.39 is 29.0 Å². The first-order valence-electron chi connectivity index (χ1n) is 6.34. The van der Waals surface area contributed by atoms with Crippen LogP contribution < -0.4 is 27.1 Å². The molecular formula is C12H8F3N5O4. The number of nitrogen functional groups attached to an aromatic ring is 1. The Labute approximate surface area is 130 Å². The van der Waals surface area contributed by atoms with Gasteiger partial charge in [-0.1, -0.05) is 0 Å². The zero-order valence-corrected chi connectivity index (χ0v) is 11.6. The van der Waals surface area contributed by atoms with Gasteiger partial charge in [0.25, 0.3) is 11.5 Å². The smallest absolute Gasteiger partial charge is 0.433 e. The third-order valence-corrected chi connectivity index (χ3v) is 3.12. The topological polar surface area (TPSA) is 121 Å². The van der Waals surface area contributed by atoms with Gasteiger partial charge in [0.1, 0.15) is 5.82 Å². The minimum atomic E-state index is -4.97. The van der Waals surface area contributed by atoms with E-state index in [4.69, 9.17) is 10.6 Å². The molecule has 3 rings (SSSR count). The van der Waals surface area contributed by atoms with Crippen molar-refractivity contribution in [2.24, 2.45) is 0 Å². The van der Waals surface area contributed by atoms with Gasteiger partial charge in [-0.3, -0.25) is 9.59 Å². The number of carbonyl (C=O) groups excluding carboxylic acids is 1. The predicted octanol–water partition coefficient (Wildman–Crippen LogP) is -0.542. The summed E-state index contributed by atoms with van der Waals surface area (Å²) >= 11 is 0. The second kappa shape index (κ2) is 5.11. The molecule has 2 aromatic rings. The van der Waals surface area contributed by atoms with Crippen LogP contribution in [-0.2, 0) is 11.0 Å². The number of halogens is 3. The van der Waals surface area contributed by atoms with E-state index in [1.54, 1.807) is 0 Å². The Morgan fingerprint density at radius 2 is 1.96 bits per heavy atom. The average Bonchev–Trinajstić information content (AvgIpc) is 2.49. The highest BCUT2D eigenvalue weighted by Crippen LogP contribution is 2.27. The van der Waals surface area contributed by atoms with Crippen LogP contribution in [0.25, 0.3) is 5.82 Å². The van der Waals surface area contributed by atoms with Gasteiger partial charge in [0.15, 0.2) is 23.9 Å². The predicted molar refractivity (Wildman–Crippen MR) is 73.4 cm³/mol. The number of anilines is 1. The maximum Gasteiger partial charge on any atom is 0.433 e. The number of nitrogens with zero attached hydrogens (tertiary/aromatic N) is 3. The standard InChI is InChI=1S/C12H8F3N5O4/c13-12(14,15)6-3-9(22)19(11(23)20(6)16)7-2-1-5-10(17-7)18-8(21)4-24-5/h1-3H,4,16H2,(H,17,18,21). The van der Waals surface area contributed by atoms with Crippen LogP contribution in [-0.4, -0.2) is 26.7 Å². The first kappa shape index (κ1) is 15.6. The summed E-state index contributed by atoms with van der Waals surface area (Å²) in [5, 5.41) is 2.35. The van der Waals surface area contributed by atoms with E-state index in [0.29, 0.717) is 4.57 Å². The summed E-state index contributed by atoms with van der Waals surface area (Å²) in [6.07, 6.45) is -4.97. The molecule has 1 aliphatic heterocycles. The number of carbonyl (C=O) groups is 1. The fourth-order valence-corrected chi connectivity index (χ4v) is 2.06. The molecule has 0 aromatic carbocycles. The number of hydrogen-bond donors (Lipinski definition) is 2. The summed E-state index contributed by atoms with van der Waals surface area (Å²) in [5.74, 6) is 4.43. The summed E-state index contributed by atoms with van der Waals surface area (Å²) in [6.45, 7) is -0.232. The number of alkyl halides is 3. The van der Waals surface area contributed by atoms with Gasteiger partial charge in [-0.15, -0.1) is 0 Å². The second-order valence-corrected chi connectivity index (χ2v) is 4.71. The molecule has 0 aliphatic carbocycles. The molecule has 0 radical (unpaired) electrons. The van der Waals surface area contributed by atoms with Crippen LogP contribution in [0.1, 0.15) is 5.69 Å². The van der Waals surface area contributed by atoms with E-state index in [9.17, 15) is 27.6 Å². The molecule has 24 heavy (non-hydrogen) atoms. The molecule has 1 aliphatic rings. The van der Waals surface area contributed by atoms with Gasteiger partial charge in [-0.05, 0) is 12.1 Å². The molecule has 9 nitrogen and oxygen atoms in total. The molecule has 12 heteroatoms. The molecule has 1 amide bonds. The van der Waals surface area contributed by atoms with Crippen molar-refractivity contribution in [2.45, 2.75) is 6.18 Å². The molecule has 0 fully saturated rings. The molecule has 3 N–H and O–H groups in total. The lowest BCUT2D eigenvalue weighted by Gasteiger charge is -2.18. The Kier molecular flexibility index (Phi) is 3.32. The number of fused-ring (bicyclic) bond motifs is 1. The van der Waals surface area contributed by atoms with Crippen molar-refractivity contribution < 1.29 is 22.7 Å². The highest BCUT2D eigenvalue weighted by Gasteiger charge is 2.36. The minimum Gasteiger partial charge on any atom is -0.480 e. The van der Waals surface area contributed by atoms with Crippen molar-refractivity contribution >= 4 is 11.7 Å². The molecule has 0 atom stereocenters. The second-order valence-electron chi connectivity index (χ2n) is 4.71. The molecular weight excluding hydrogens is 335 g/mol. The number of aromatic nitrogens is 3. The summed E-state index contributed by atoms with van der Waals surface area (Å²) < 4.78 is 43.4. The number of ether oxygens (including phenoxy) is 1. The lowest BCUT2D eigenvalue weighted by molar-refractivity contribution is -0.143. The zero-order chi connectivity index (χ0) is 17.6. The number of amides is 1. The normalized spacial score (nSPS) is 13.9. The lowest BCUT2D eigenvalue weighted by Crippen LogP contribution is -2.45. The van der Waals surface area contributed by atoms with Crippen molar-refractivity contribution in [1.82, 2.24) is 14.2 Å². The summed E-state index contributed by atoms with van der Waals surface area (Å²) in [5.41, 5.74) is -4.31. The number of rotatable bonds is 1. The number of nitrogens with two attached hydrogens (primary N) is 1. The SMILES string of the molecule is Nn1c(C(F)(F)F)cc(=O)n(-c2ccc3c(n2)NC(=O)CO3)c1=O. The molecule has 0 unspecified atom stereocenters. The van der Waals surface area contributed by atoms with Crippen LogP contribution in [0.3, 0.4) is 0 Å². The highest BCUT2D eigenvalue weighted by atomic mass is 19.4. The molecule has 126 valence electrons. The van der Waals surface area contributed by atoms with E-state index in [-0.39, 0.29) is 34.7 Å². The Balaban J connectivity index is 2.20. The highest BCUT2D eigenvalue weighted by molar-refractivity contribution is 5.94. The van der Waals surface area contributed by atoms with Gasteiger partial charge in [0.2, 0.25) is 0 Å². The molecule has 0 saturated carbocycles. The Hall–Kier alpha value is -3.31. The van der Waals surface area contributed by atoms with E-state index >= 15 is 0 Å². The van der Waals surface area contributed by atoms with Gasteiger partial charge in [0, 0.05) is 6.07 Å². The van der Waals surface area contributed by atoms with E-state index in [0.717, 1.165) is 0 Å². The maximum absolute atomic E-state index is 12.7. The molecule has 2 aromatic heterocycles. The molecule has 0 bridgehead atoms. The number of pyridine rings is 1. The van der Waals surface area contributed by atoms with Gasteiger partial charge < -0.3 is 15.9 Å². The fourth-order valence-electron chi connectivity index (χ4n) is 2.06. The molecule has 0 spiro atoms. The van der Waals surface area contributed by atoms with E-state index in [2.05, 4.69) is 10.3 Å². The van der Waals surface area contributed by atoms with Gasteiger partial charge in [-0.25, -0.2) is 19.0 Å². The Morgan fingerprint density at radius 3 is 2.62 bits per heavy atom. The lowest BCUT2D eigenvalue weighted by atomic mass is 10.3. The fraction of sp³-hybridized carbons (Fsp3) is 0.167. The van der Waals surface area contributed by atoms with E-state index in [1.165, 1.54) is 12.1 Å².